The topological polar surface area (TPSA) is 80.9 Å². The molecule has 3 rings (SSSR count). The van der Waals surface area contributed by atoms with Gasteiger partial charge in [0.1, 0.15) is 5.69 Å². The molecule has 0 bridgehead atoms. The number of nitrogens with zero attached hydrogens (tertiary/aromatic N) is 6. The first kappa shape index (κ1) is 17.6. The van der Waals surface area contributed by atoms with E-state index >= 15 is 0 Å². The lowest BCUT2D eigenvalue weighted by Crippen LogP contribution is -2.32. The second-order valence-corrected chi connectivity index (χ2v) is 6.94. The van der Waals surface area contributed by atoms with E-state index in [1.807, 2.05) is 15.4 Å². The molecule has 136 valence electrons. The lowest BCUT2D eigenvalue weighted by molar-refractivity contribution is -0.120. The van der Waals surface area contributed by atoms with E-state index in [-0.39, 0.29) is 18.4 Å². The summed E-state index contributed by atoms with van der Waals surface area (Å²) >= 11 is 0. The third-order valence-electron chi connectivity index (χ3n) is 4.70. The molecule has 8 nitrogen and oxygen atoms in total. The zero-order valence-electron chi connectivity index (χ0n) is 15.4. The highest BCUT2D eigenvalue weighted by Gasteiger charge is 2.26. The first-order valence-corrected chi connectivity index (χ1v) is 8.88. The van der Waals surface area contributed by atoms with Crippen molar-refractivity contribution in [2.45, 2.75) is 45.2 Å². The maximum Gasteiger partial charge on any atom is 0.227 e. The Morgan fingerprint density at radius 2 is 2.08 bits per heavy atom. The van der Waals surface area contributed by atoms with Crippen LogP contribution in [0, 0.1) is 0 Å². The van der Waals surface area contributed by atoms with Crippen molar-refractivity contribution in [1.82, 2.24) is 34.8 Å². The van der Waals surface area contributed by atoms with Gasteiger partial charge in [-0.1, -0.05) is 0 Å². The molecule has 25 heavy (non-hydrogen) atoms. The Hall–Kier alpha value is -2.22. The van der Waals surface area contributed by atoms with Crippen LogP contribution >= 0.6 is 0 Å². The molecule has 0 unspecified atom stereocenters. The largest absolute Gasteiger partial charge is 0.359 e. The lowest BCUT2D eigenvalue weighted by Gasteiger charge is -2.29. The lowest BCUT2D eigenvalue weighted by atomic mass is 10.1. The molecule has 0 aliphatic carbocycles. The molecule has 0 saturated carbocycles. The van der Waals surface area contributed by atoms with E-state index in [1.165, 1.54) is 0 Å². The highest BCUT2D eigenvalue weighted by molar-refractivity contribution is 5.77. The Morgan fingerprint density at radius 3 is 2.72 bits per heavy atom. The molecule has 8 heteroatoms. The Morgan fingerprint density at radius 1 is 1.36 bits per heavy atom. The molecular weight excluding hydrogens is 318 g/mol. The minimum atomic E-state index is -0.0792. The number of aromatic nitrogens is 5. The van der Waals surface area contributed by atoms with E-state index in [1.54, 1.807) is 13.2 Å². The van der Waals surface area contributed by atoms with E-state index in [2.05, 4.69) is 41.3 Å². The number of hydrogen-bond donors (Lipinski definition) is 1. The maximum absolute atomic E-state index is 11.8. The second-order valence-electron chi connectivity index (χ2n) is 6.94. The van der Waals surface area contributed by atoms with Crippen LogP contribution in [0.2, 0.25) is 0 Å². The molecule has 3 heterocycles. The van der Waals surface area contributed by atoms with Crippen molar-refractivity contribution in [2.75, 3.05) is 27.2 Å². The molecule has 2 aromatic heterocycles. The quantitative estimate of drug-likeness (QED) is 0.883. The molecule has 0 spiro atoms. The maximum atomic E-state index is 11.8. The first-order valence-electron chi connectivity index (χ1n) is 8.88. The molecule has 0 radical (unpaired) electrons. The second kappa shape index (κ2) is 7.35. The Kier molecular flexibility index (Phi) is 5.17. The molecule has 1 saturated heterocycles. The van der Waals surface area contributed by atoms with Gasteiger partial charge in [-0.2, -0.15) is 10.2 Å². The van der Waals surface area contributed by atoms with Crippen molar-refractivity contribution >= 4 is 5.91 Å². The van der Waals surface area contributed by atoms with Crippen LogP contribution in [0.25, 0.3) is 11.5 Å². The van der Waals surface area contributed by atoms with E-state index < -0.39 is 0 Å². The number of carbonyl (C=O) groups excluding carboxylic acids is 1. The van der Waals surface area contributed by atoms with Gasteiger partial charge >= 0.3 is 0 Å². The van der Waals surface area contributed by atoms with Gasteiger partial charge in [-0.15, -0.1) is 0 Å². The van der Waals surface area contributed by atoms with E-state index in [9.17, 15) is 4.79 Å². The van der Waals surface area contributed by atoms with Crippen molar-refractivity contribution < 1.29 is 4.79 Å². The fourth-order valence-electron chi connectivity index (χ4n) is 3.25. The third-order valence-corrected chi connectivity index (χ3v) is 4.70. The molecule has 0 atom stereocenters. The first-order chi connectivity index (χ1) is 12.0. The molecule has 1 aliphatic rings. The number of likely N-dealkylation sites (tertiary alicyclic amines) is 1. The Bertz CT molecular complexity index is 725. The van der Waals surface area contributed by atoms with Gasteiger partial charge in [0, 0.05) is 19.3 Å². The van der Waals surface area contributed by atoms with Crippen molar-refractivity contribution in [3.8, 4) is 11.5 Å². The summed E-state index contributed by atoms with van der Waals surface area (Å²) in [5.74, 6) is 1.29. The fraction of sp³-hybridized carbons (Fsp3) is 0.647. The van der Waals surface area contributed by atoms with Crippen molar-refractivity contribution in [3.63, 3.8) is 0 Å². The van der Waals surface area contributed by atoms with Crippen molar-refractivity contribution in [1.29, 1.82) is 0 Å². The van der Waals surface area contributed by atoms with Crippen LogP contribution in [-0.4, -0.2) is 62.5 Å². The van der Waals surface area contributed by atoms with E-state index in [0.717, 1.165) is 37.4 Å². The molecular formula is C17H27N7O. The summed E-state index contributed by atoms with van der Waals surface area (Å²) in [6, 6.07) is 2.50. The summed E-state index contributed by atoms with van der Waals surface area (Å²) in [6.45, 7) is 6.27. The SMILES string of the molecule is CNC(=O)Cc1nc(-c2ccnn2C(C)C)n(C2CCN(C)CC2)n1. The average molecular weight is 345 g/mol. The minimum absolute atomic E-state index is 0.0792. The number of piperidine rings is 1. The molecule has 1 N–H and O–H groups in total. The van der Waals surface area contributed by atoms with Crippen LogP contribution in [0.4, 0.5) is 0 Å². The van der Waals surface area contributed by atoms with Crippen LogP contribution in [-0.2, 0) is 11.2 Å². The van der Waals surface area contributed by atoms with E-state index in [0.29, 0.717) is 11.9 Å². The van der Waals surface area contributed by atoms with Crippen LogP contribution in [0.1, 0.15) is 44.6 Å². The zero-order chi connectivity index (χ0) is 18.0. The van der Waals surface area contributed by atoms with Gasteiger partial charge in [-0.25, -0.2) is 9.67 Å². The van der Waals surface area contributed by atoms with Gasteiger partial charge in [0.05, 0.1) is 12.5 Å². The predicted molar refractivity (Wildman–Crippen MR) is 95.2 cm³/mol. The smallest absolute Gasteiger partial charge is 0.227 e. The highest BCUT2D eigenvalue weighted by Crippen LogP contribution is 2.28. The number of hydrogen-bond acceptors (Lipinski definition) is 5. The normalized spacial score (nSPS) is 16.5. The predicted octanol–water partition coefficient (Wildman–Crippen LogP) is 1.28. The molecule has 1 amide bonds. The number of carbonyl (C=O) groups is 1. The van der Waals surface area contributed by atoms with Gasteiger partial charge in [0.25, 0.3) is 0 Å². The molecule has 0 aromatic carbocycles. The number of amides is 1. The van der Waals surface area contributed by atoms with Gasteiger partial charge < -0.3 is 10.2 Å². The fourth-order valence-corrected chi connectivity index (χ4v) is 3.25. The monoisotopic (exact) mass is 345 g/mol. The van der Waals surface area contributed by atoms with Gasteiger partial charge in [-0.05, 0) is 52.9 Å². The highest BCUT2D eigenvalue weighted by atomic mass is 16.1. The van der Waals surface area contributed by atoms with Gasteiger partial charge in [0.2, 0.25) is 5.91 Å². The summed E-state index contributed by atoms with van der Waals surface area (Å²) in [6.07, 6.45) is 4.05. The van der Waals surface area contributed by atoms with Gasteiger partial charge in [0.15, 0.2) is 11.6 Å². The van der Waals surface area contributed by atoms with Crippen LogP contribution in [0.15, 0.2) is 12.3 Å². The van der Waals surface area contributed by atoms with Crippen LogP contribution in [0.5, 0.6) is 0 Å². The van der Waals surface area contributed by atoms with Crippen molar-refractivity contribution in [3.05, 3.63) is 18.1 Å². The molecule has 1 fully saturated rings. The van der Waals surface area contributed by atoms with Crippen LogP contribution in [0.3, 0.4) is 0 Å². The molecule has 1 aliphatic heterocycles. The number of nitrogens with one attached hydrogen (secondary N) is 1. The Labute approximate surface area is 148 Å². The third kappa shape index (κ3) is 3.73. The van der Waals surface area contributed by atoms with Gasteiger partial charge in [-0.3, -0.25) is 9.48 Å². The summed E-state index contributed by atoms with van der Waals surface area (Å²) in [7, 11) is 3.77. The average Bonchev–Trinajstić information content (AvgIpc) is 3.22. The number of likely N-dealkylation sites (N-methyl/N-ethyl adjacent to an activating group) is 1. The summed E-state index contributed by atoms with van der Waals surface area (Å²) in [5.41, 5.74) is 0.949. The Balaban J connectivity index is 1.99. The number of rotatable bonds is 5. The summed E-state index contributed by atoms with van der Waals surface area (Å²) < 4.78 is 3.97. The van der Waals surface area contributed by atoms with Crippen molar-refractivity contribution in [2.24, 2.45) is 0 Å². The summed E-state index contributed by atoms with van der Waals surface area (Å²) in [5, 5.41) is 11.8. The van der Waals surface area contributed by atoms with E-state index in [4.69, 9.17) is 4.98 Å². The summed E-state index contributed by atoms with van der Waals surface area (Å²) in [4.78, 5) is 18.8. The molecule has 2 aromatic rings. The standard InChI is InChI=1S/C17H27N7O/c1-12(2)23-14(5-8-19-23)17-20-15(11-16(25)18-3)21-24(17)13-6-9-22(4)10-7-13/h5,8,12-13H,6-7,9-11H2,1-4H3,(H,18,25). The van der Waals surface area contributed by atoms with Crippen LogP contribution < -0.4 is 5.32 Å². The zero-order valence-corrected chi connectivity index (χ0v) is 15.4. The minimum Gasteiger partial charge on any atom is -0.359 e.